The molecular formula is C98H124MgN6NaO11S2+. The molecule has 7 atom stereocenters. The molecule has 2 unspecified atom stereocenters. The smallest absolute Gasteiger partial charge is 0.748 e. The van der Waals surface area contributed by atoms with Crippen LogP contribution in [0.15, 0.2) is 189 Å². The van der Waals surface area contributed by atoms with Crippen molar-refractivity contribution in [3.8, 4) is 0 Å². The monoisotopic (exact) mass is 1670 g/mol. The van der Waals surface area contributed by atoms with Crippen molar-refractivity contribution in [2.45, 2.75) is 235 Å². The van der Waals surface area contributed by atoms with E-state index in [-0.39, 0.29) is 124 Å². The Morgan fingerprint density at radius 1 is 0.782 bits per heavy atom. The molecule has 0 fully saturated rings. The largest absolute Gasteiger partial charge is 2.00 e. The maximum Gasteiger partial charge on any atom is 2.00 e. The number of rotatable bonds is 34. The van der Waals surface area contributed by atoms with E-state index in [1.54, 1.807) is 0 Å². The molecule has 0 saturated carbocycles. The van der Waals surface area contributed by atoms with Crippen molar-refractivity contribution in [2.24, 2.45) is 45.5 Å². The second-order valence-corrected chi connectivity index (χ2v) is 38.1. The molecule has 21 heteroatoms. The number of hydrogen-bond acceptors (Lipinski definition) is 13. The summed E-state index contributed by atoms with van der Waals surface area (Å²) in [6.45, 7) is 36.4. The molecular weight excluding hydrogens is 1550 g/mol. The number of esters is 2. The molecule has 1 aliphatic carbocycles. The molecule has 17 nitrogen and oxygen atoms in total. The Labute approximate surface area is 747 Å². The number of methoxy groups -OCH3 is 1. The molecule has 5 aromatic rings. The number of ether oxygens (including phenoxy) is 2. The predicted octanol–water partition coefficient (Wildman–Crippen LogP) is 18.3. The van der Waals surface area contributed by atoms with Crippen LogP contribution < -0.4 is 39.4 Å². The number of Topliss-reactive ketones (excluding diaryl/α,β-unsaturated/α-hetero) is 1. The van der Waals surface area contributed by atoms with Crippen molar-refractivity contribution < 1.29 is 83.9 Å². The number of fused-ring (bicyclic) bond motifs is 11. The molecule has 0 radical (unpaired) electrons. The molecule has 6 aliphatic heterocycles. The fourth-order valence-corrected chi connectivity index (χ4v) is 19.9. The number of unbranched alkanes of at least 4 members (excludes halogenated alkanes) is 2. The van der Waals surface area contributed by atoms with E-state index < -0.39 is 32.1 Å². The minimum absolute atomic E-state index is 0. The Morgan fingerprint density at radius 3 is 2.08 bits per heavy atom. The minimum Gasteiger partial charge on any atom is -0.748 e. The first kappa shape index (κ1) is 95.9. The number of aromatic nitrogens is 1. The zero-order valence-electron chi connectivity index (χ0n) is 73.5. The summed E-state index contributed by atoms with van der Waals surface area (Å²) in [4.78, 5) is 59.3. The third-order valence-electron chi connectivity index (χ3n) is 25.5. The van der Waals surface area contributed by atoms with Gasteiger partial charge in [-0.1, -0.05) is 238 Å². The first-order chi connectivity index (χ1) is 55.7. The maximum atomic E-state index is 14.4. The van der Waals surface area contributed by atoms with Crippen LogP contribution in [0.1, 0.15) is 244 Å². The van der Waals surface area contributed by atoms with Gasteiger partial charge in [0.25, 0.3) is 10.1 Å². The van der Waals surface area contributed by atoms with Crippen molar-refractivity contribution in [3.63, 3.8) is 0 Å². The van der Waals surface area contributed by atoms with Crippen molar-refractivity contribution in [3.05, 3.63) is 218 Å². The van der Waals surface area contributed by atoms with Gasteiger partial charge < -0.3 is 29.2 Å². The third kappa shape index (κ3) is 22.5. The van der Waals surface area contributed by atoms with Crippen molar-refractivity contribution in [1.29, 1.82) is 0 Å². The van der Waals surface area contributed by atoms with E-state index in [4.69, 9.17) is 29.8 Å². The molecule has 7 heterocycles. The fraction of sp³-hybridized carbons (Fsp3) is 0.490. The Morgan fingerprint density at radius 2 is 1.42 bits per heavy atom. The van der Waals surface area contributed by atoms with E-state index in [1.807, 2.05) is 79.8 Å². The number of carbonyl (C=O) groups excluding carboxylic acids is 3. The Balaban J connectivity index is 0.000000271. The van der Waals surface area contributed by atoms with E-state index in [0.29, 0.717) is 91.8 Å². The Hall–Kier alpha value is -6.95. The third-order valence-corrected chi connectivity index (χ3v) is 27.1. The molecule has 1 N–H and O–H groups in total. The Kier molecular flexibility index (Phi) is 33.8. The van der Waals surface area contributed by atoms with Gasteiger partial charge in [-0.25, -0.2) is 8.42 Å². The molecule has 626 valence electrons. The number of carbonyl (C=O) groups is 3. The molecule has 0 spiro atoms. The average molecular weight is 1670 g/mol. The van der Waals surface area contributed by atoms with Crippen LogP contribution in [0.3, 0.4) is 0 Å². The number of benzene rings is 4. The number of anilines is 1. The van der Waals surface area contributed by atoms with Gasteiger partial charge in [-0.05, 0) is 168 Å². The van der Waals surface area contributed by atoms with Crippen molar-refractivity contribution in [2.75, 3.05) is 43.2 Å². The normalized spacial score (nSPS) is 21.9. The quantitative estimate of drug-likeness (QED) is 0.00590. The van der Waals surface area contributed by atoms with E-state index in [9.17, 15) is 40.3 Å². The van der Waals surface area contributed by atoms with Crippen LogP contribution in [-0.2, 0) is 50.1 Å². The van der Waals surface area contributed by atoms with Crippen LogP contribution in [0.25, 0.3) is 38.5 Å². The topological polar surface area (TPSA) is 240 Å². The molecule has 12 rings (SSSR count). The van der Waals surface area contributed by atoms with Gasteiger partial charge in [0.15, 0.2) is 11.5 Å². The molecule has 0 saturated heterocycles. The zero-order valence-corrected chi connectivity index (χ0v) is 78.6. The van der Waals surface area contributed by atoms with E-state index in [1.165, 1.54) is 74.3 Å². The number of ketones is 1. The van der Waals surface area contributed by atoms with Gasteiger partial charge >= 0.3 is 64.5 Å². The number of nitrogens with zero attached hydrogens (tertiary/aromatic N) is 6. The van der Waals surface area contributed by atoms with Crippen LogP contribution in [-0.4, -0.2) is 139 Å². The average Bonchev–Trinajstić information content (AvgIpc) is 1.58. The van der Waals surface area contributed by atoms with Gasteiger partial charge in [0.05, 0.1) is 45.2 Å². The molecule has 1 aromatic heterocycles. The SMILES string of the molecule is C=CC1=C(C)C2CC3=N/C(=C4\c5[n-]c(c(C)c5C(=O)[C@H]4C(=O)OC)/C=C4\N=C(CC1[N-]2)C(C)=C4CC)[C@H](CCC(=O)OC/C=C(\C)CCC[C@@H](C)CCC[C@@H](C)CCCC(C)C)[C@H]3C.CC1(C)C(/C=C/C=C/C=C/C=C2/N(CCCCS(=O)(=O)[O-])c3c(ccc4ccccc34)C2(C)C)=[N+](CCCCS(=O)(=O)O)c2c1ccc1ccccc21.[Mg+2].[Na+]. The summed E-state index contributed by atoms with van der Waals surface area (Å²) in [6, 6.07) is 25.1. The van der Waals surface area contributed by atoms with Gasteiger partial charge in [0.1, 0.15) is 19.1 Å². The molecule has 8 bridgehead atoms. The summed E-state index contributed by atoms with van der Waals surface area (Å²) in [7, 11) is -6.97. The van der Waals surface area contributed by atoms with Gasteiger partial charge in [-0.15, -0.1) is 23.5 Å². The summed E-state index contributed by atoms with van der Waals surface area (Å²) in [5, 5.41) is 9.94. The van der Waals surface area contributed by atoms with Crippen LogP contribution in [0.5, 0.6) is 0 Å². The van der Waals surface area contributed by atoms with Gasteiger partial charge in [0, 0.05) is 87.8 Å². The van der Waals surface area contributed by atoms with Gasteiger partial charge in [0.2, 0.25) is 5.69 Å². The second kappa shape index (κ2) is 41.9. The maximum absolute atomic E-state index is 14.4. The standard InChI is InChI=1S/C55H77N4O5.C43H48N2O6S2.Mg.Na/c1-13-39-35(8)42-28-44-37(10)41(24-25-48(60)64-27-26-34(7)23-17-22-33(6)21-16-20-32(5)19-15-18-31(3)4)52(58-44)50-51(55(62)63-12)54(61)49-38(11)45(59-53(49)50)30-47-40(14-2)36(9)43(57-47)29-46(39)56-42;1-42(2)36-26-24-32-18-10-12-20-34(32)40(36)44(28-14-16-30-52(46,47)48)38(42)22-8-6-5-7-9-23-39-43(3,4)37-27-25-33-19-11-13-21-35(33)41(37)45(39)29-15-17-31-53(49,50)51;;/h13,26,30-33,37,41-42,46,51H,1,14-25,27-29H2,2-12H3,(H,57,59,61);5-13,18-27H,14-17,28-31H2,1-4H3,(H-,46,47,48,49,50,51);;/q-1;;+2;+1/p-1/b34-26+,52-50-;;;/t32-,33-,37+,41+,42?,46?,51-;;;/m0.../s1. The second-order valence-electron chi connectivity index (χ2n) is 35.0. The molecule has 4 aromatic carbocycles. The van der Waals surface area contributed by atoms with Crippen LogP contribution >= 0.6 is 0 Å². The number of hydrogen-bond donors (Lipinski definition) is 1. The summed E-state index contributed by atoms with van der Waals surface area (Å²) >= 11 is 0. The molecule has 7 aliphatic rings. The first-order valence-corrected chi connectivity index (χ1v) is 45.9. The van der Waals surface area contributed by atoms with Crippen LogP contribution in [0.4, 0.5) is 11.4 Å². The number of aliphatic imine (C=N–C) groups is 2. The molecule has 0 amide bonds. The molecule has 119 heavy (non-hydrogen) atoms. The van der Waals surface area contributed by atoms with Gasteiger partial charge in [-0.2, -0.15) is 13.0 Å². The first-order valence-electron chi connectivity index (χ1n) is 42.7. The summed E-state index contributed by atoms with van der Waals surface area (Å²) in [6.07, 6.45) is 36.1. The van der Waals surface area contributed by atoms with E-state index in [2.05, 4.69) is 167 Å². The Bertz CT molecular complexity index is 5270. The number of allylic oxidation sites excluding steroid dienone is 12. The summed E-state index contributed by atoms with van der Waals surface area (Å²) < 4.78 is 79.4. The van der Waals surface area contributed by atoms with E-state index in [0.717, 1.165) is 115 Å². The summed E-state index contributed by atoms with van der Waals surface area (Å²) in [5.74, 6) is -1.07. The fourth-order valence-electron chi connectivity index (χ4n) is 18.8. The van der Waals surface area contributed by atoms with Crippen LogP contribution in [0.2, 0.25) is 0 Å². The predicted molar refractivity (Wildman–Crippen MR) is 483 cm³/mol. The summed E-state index contributed by atoms with van der Waals surface area (Å²) in [5.41, 5.74) is 18.3. The van der Waals surface area contributed by atoms with Crippen LogP contribution in [0, 0.1) is 42.4 Å². The zero-order chi connectivity index (χ0) is 84.4. The van der Waals surface area contributed by atoms with Crippen molar-refractivity contribution in [1.82, 2.24) is 4.98 Å². The minimum atomic E-state index is -4.27. The van der Waals surface area contributed by atoms with Crippen molar-refractivity contribution >= 4 is 123 Å². The van der Waals surface area contributed by atoms with Gasteiger partial charge in [-0.3, -0.25) is 28.9 Å². The van der Waals surface area contributed by atoms with E-state index >= 15 is 0 Å².